The average molecular weight is 416 g/mol. The Balaban J connectivity index is 1.84. The van der Waals surface area contributed by atoms with Crippen molar-refractivity contribution in [3.8, 4) is 5.75 Å². The van der Waals surface area contributed by atoms with Crippen molar-refractivity contribution in [2.24, 2.45) is 0 Å². The Kier molecular flexibility index (Phi) is 6.04. The number of aromatic amines is 1. The largest absolute Gasteiger partial charge is 0.496 e. The fourth-order valence-electron chi connectivity index (χ4n) is 3.63. The monoisotopic (exact) mass is 415 g/mol. The van der Waals surface area contributed by atoms with E-state index in [0.29, 0.717) is 39.6 Å². The molecule has 1 aromatic carbocycles. The molecule has 0 spiro atoms. The van der Waals surface area contributed by atoms with E-state index in [2.05, 4.69) is 27.0 Å². The molecule has 3 rings (SSSR count). The normalized spacial score (nSPS) is 11.3. The van der Waals surface area contributed by atoms with Gasteiger partial charge in [0.25, 0.3) is 5.56 Å². The fourth-order valence-corrected chi connectivity index (χ4v) is 4.75. The third kappa shape index (κ3) is 4.18. The molecular weight excluding hydrogens is 390 g/mol. The molecule has 154 valence electrons. The summed E-state index contributed by atoms with van der Waals surface area (Å²) in [5.74, 6) is 1.01. The summed E-state index contributed by atoms with van der Waals surface area (Å²) >= 11 is 1.19. The first-order chi connectivity index (χ1) is 13.7. The number of benzene rings is 1. The first-order valence-electron chi connectivity index (χ1n) is 9.18. The molecular formula is C21H25N3O4S. The number of hydrogen-bond acceptors (Lipinski definition) is 7. The highest BCUT2D eigenvalue weighted by atomic mass is 32.1. The zero-order valence-electron chi connectivity index (χ0n) is 17.5. The molecule has 0 saturated heterocycles. The highest BCUT2D eigenvalue weighted by Gasteiger charge is 2.20. The second kappa shape index (κ2) is 8.34. The van der Waals surface area contributed by atoms with Gasteiger partial charge in [0.15, 0.2) is 0 Å². The number of H-pyrrole nitrogens is 1. The van der Waals surface area contributed by atoms with Crippen LogP contribution in [0.5, 0.6) is 5.75 Å². The summed E-state index contributed by atoms with van der Waals surface area (Å²) < 4.78 is 10.2. The van der Waals surface area contributed by atoms with Crippen molar-refractivity contribution in [2.45, 2.75) is 33.9 Å². The summed E-state index contributed by atoms with van der Waals surface area (Å²) in [4.78, 5) is 34.9. The Labute approximate surface area is 173 Å². The van der Waals surface area contributed by atoms with Crippen molar-refractivity contribution in [3.05, 3.63) is 55.4 Å². The Hall–Kier alpha value is -2.71. The lowest BCUT2D eigenvalue weighted by atomic mass is 10.1. The molecule has 7 nitrogen and oxygen atoms in total. The molecule has 0 amide bonds. The summed E-state index contributed by atoms with van der Waals surface area (Å²) in [6.45, 7) is 6.97. The first kappa shape index (κ1) is 21.0. The molecule has 0 radical (unpaired) electrons. The molecule has 2 heterocycles. The van der Waals surface area contributed by atoms with E-state index in [1.165, 1.54) is 18.4 Å². The van der Waals surface area contributed by atoms with Crippen LogP contribution in [0.4, 0.5) is 0 Å². The quantitative estimate of drug-likeness (QED) is 0.622. The molecule has 0 aliphatic rings. The molecule has 0 bridgehead atoms. The van der Waals surface area contributed by atoms with E-state index in [4.69, 9.17) is 9.47 Å². The van der Waals surface area contributed by atoms with Gasteiger partial charge in [-0.2, -0.15) is 0 Å². The van der Waals surface area contributed by atoms with Crippen LogP contribution in [0.15, 0.2) is 16.9 Å². The third-order valence-electron chi connectivity index (χ3n) is 4.82. The molecule has 0 unspecified atom stereocenters. The Morgan fingerprint density at radius 2 is 1.83 bits per heavy atom. The zero-order valence-corrected chi connectivity index (χ0v) is 18.3. The minimum Gasteiger partial charge on any atom is -0.496 e. The van der Waals surface area contributed by atoms with Crippen LogP contribution in [-0.4, -0.2) is 42.1 Å². The van der Waals surface area contributed by atoms with Gasteiger partial charge in [-0.1, -0.05) is 12.1 Å². The lowest BCUT2D eigenvalue weighted by molar-refractivity contribution is 0.0605. The zero-order chi connectivity index (χ0) is 21.3. The summed E-state index contributed by atoms with van der Waals surface area (Å²) in [5, 5.41) is 0.447. The van der Waals surface area contributed by atoms with E-state index >= 15 is 0 Å². The minimum atomic E-state index is -0.450. The van der Waals surface area contributed by atoms with Crippen molar-refractivity contribution in [3.63, 3.8) is 0 Å². The van der Waals surface area contributed by atoms with Crippen molar-refractivity contribution < 1.29 is 14.3 Å². The Morgan fingerprint density at radius 3 is 2.41 bits per heavy atom. The Morgan fingerprint density at radius 1 is 1.17 bits per heavy atom. The van der Waals surface area contributed by atoms with Crippen molar-refractivity contribution >= 4 is 27.5 Å². The van der Waals surface area contributed by atoms with Gasteiger partial charge < -0.3 is 14.5 Å². The molecule has 8 heteroatoms. The van der Waals surface area contributed by atoms with Gasteiger partial charge in [-0.3, -0.25) is 9.69 Å². The Bertz CT molecular complexity index is 1110. The predicted molar refractivity (Wildman–Crippen MR) is 114 cm³/mol. The number of carbonyl (C=O) groups is 1. The highest BCUT2D eigenvalue weighted by Crippen LogP contribution is 2.28. The molecule has 0 atom stereocenters. The molecule has 0 saturated carbocycles. The third-order valence-corrected chi connectivity index (χ3v) is 5.98. The standard InChI is InChI=1S/C21H25N3O4S/c1-11-7-14(8-12(2)17(11)27-5)9-24(4)10-15-22-19(25)16-13(3)18(21(26)28-6)29-20(16)23-15/h7-8H,9-10H2,1-6H3,(H,22,23,25). The van der Waals surface area contributed by atoms with Crippen LogP contribution in [0.3, 0.4) is 0 Å². The second-order valence-corrected chi connectivity index (χ2v) is 8.17. The maximum absolute atomic E-state index is 12.6. The van der Waals surface area contributed by atoms with Gasteiger partial charge >= 0.3 is 5.97 Å². The summed E-state index contributed by atoms with van der Waals surface area (Å²) in [6.07, 6.45) is 0. The molecule has 29 heavy (non-hydrogen) atoms. The van der Waals surface area contributed by atoms with Gasteiger partial charge in [0.2, 0.25) is 0 Å². The number of ether oxygens (including phenoxy) is 2. The summed E-state index contributed by atoms with van der Waals surface area (Å²) in [7, 11) is 4.97. The van der Waals surface area contributed by atoms with E-state index in [0.717, 1.165) is 22.4 Å². The lowest BCUT2D eigenvalue weighted by Crippen LogP contribution is -2.21. The highest BCUT2D eigenvalue weighted by molar-refractivity contribution is 7.20. The van der Waals surface area contributed by atoms with Crippen LogP contribution in [0.2, 0.25) is 0 Å². The van der Waals surface area contributed by atoms with Crippen molar-refractivity contribution in [2.75, 3.05) is 21.3 Å². The van der Waals surface area contributed by atoms with Crippen LogP contribution >= 0.6 is 11.3 Å². The van der Waals surface area contributed by atoms with Gasteiger partial charge in [0.1, 0.15) is 21.3 Å². The summed E-state index contributed by atoms with van der Waals surface area (Å²) in [6, 6.07) is 4.21. The predicted octanol–water partition coefficient (Wildman–Crippen LogP) is 3.34. The van der Waals surface area contributed by atoms with Crippen LogP contribution in [0.1, 0.15) is 37.7 Å². The van der Waals surface area contributed by atoms with Gasteiger partial charge in [0.05, 0.1) is 26.2 Å². The molecule has 0 fully saturated rings. The maximum atomic E-state index is 12.6. The van der Waals surface area contributed by atoms with E-state index in [-0.39, 0.29) is 5.56 Å². The number of nitrogens with zero attached hydrogens (tertiary/aromatic N) is 2. The molecule has 1 N–H and O–H groups in total. The fraction of sp³-hybridized carbons (Fsp3) is 0.381. The molecule has 2 aromatic heterocycles. The number of rotatable bonds is 6. The van der Waals surface area contributed by atoms with Gasteiger partial charge in [-0.25, -0.2) is 9.78 Å². The van der Waals surface area contributed by atoms with Gasteiger partial charge in [-0.15, -0.1) is 11.3 Å². The lowest BCUT2D eigenvalue weighted by Gasteiger charge is -2.18. The number of aromatic nitrogens is 2. The second-order valence-electron chi connectivity index (χ2n) is 7.18. The van der Waals surface area contributed by atoms with Crippen molar-refractivity contribution in [1.29, 1.82) is 0 Å². The number of nitrogens with one attached hydrogen (secondary N) is 1. The van der Waals surface area contributed by atoms with E-state index in [9.17, 15) is 9.59 Å². The number of thiophene rings is 1. The number of esters is 1. The topological polar surface area (TPSA) is 84.5 Å². The maximum Gasteiger partial charge on any atom is 0.348 e. The van der Waals surface area contributed by atoms with Crippen LogP contribution in [0.25, 0.3) is 10.2 Å². The number of hydrogen-bond donors (Lipinski definition) is 1. The van der Waals surface area contributed by atoms with Crippen LogP contribution < -0.4 is 10.3 Å². The summed E-state index contributed by atoms with van der Waals surface area (Å²) in [5.41, 5.74) is 3.71. The minimum absolute atomic E-state index is 0.238. The molecule has 0 aliphatic heterocycles. The number of methoxy groups -OCH3 is 2. The average Bonchev–Trinajstić information content (AvgIpc) is 2.97. The van der Waals surface area contributed by atoms with Crippen LogP contribution in [-0.2, 0) is 17.8 Å². The number of aryl methyl sites for hydroxylation is 3. The number of fused-ring (bicyclic) bond motifs is 1. The molecule has 3 aromatic rings. The van der Waals surface area contributed by atoms with Crippen LogP contribution in [0, 0.1) is 20.8 Å². The van der Waals surface area contributed by atoms with E-state index < -0.39 is 5.97 Å². The first-order valence-corrected chi connectivity index (χ1v) is 10.00. The number of carbonyl (C=O) groups excluding carboxylic acids is 1. The smallest absolute Gasteiger partial charge is 0.348 e. The van der Waals surface area contributed by atoms with Gasteiger partial charge in [0, 0.05) is 6.54 Å². The van der Waals surface area contributed by atoms with Gasteiger partial charge in [-0.05, 0) is 50.1 Å². The SMILES string of the molecule is COC(=O)c1sc2nc(CN(C)Cc3cc(C)c(OC)c(C)c3)[nH]c(=O)c2c1C. The van der Waals surface area contributed by atoms with E-state index in [1.807, 2.05) is 20.9 Å². The van der Waals surface area contributed by atoms with Crippen molar-refractivity contribution in [1.82, 2.24) is 14.9 Å². The molecule has 0 aliphatic carbocycles. The van der Waals surface area contributed by atoms with E-state index in [1.54, 1.807) is 14.0 Å².